The van der Waals surface area contributed by atoms with Gasteiger partial charge in [0.25, 0.3) is 0 Å². The standard InChI is InChI=1S/C46H60N6O2/c1-12-29-25(7)39-41-27(9)31(14-3)43(51-41)44-32(15-4)28(10)42(52-44)40-26(8)30(13-2)38(50-40)22-36-24(6)34(18-20-54-11)46(48-36)45-33(17-16-19-53)23(5)35(47-45)21-37(29)49-39/h21-22,32,44,47,50-53H,12-20H2,1-11H3/b36-22-,37-21-. The SMILES string of the molecule is CCC1=C(C)C2=N/C1=C\c1[nH]c(c(CCCO)c1C)C1=N/C(=C\c3[nH]c(c(C)c3CC)C3=C(C)C(CC)C(N3)c3[nH]c2c(C)c3CC)C(C)=C1CCOC. The van der Waals surface area contributed by atoms with Crippen molar-refractivity contribution in [3.05, 3.63) is 107 Å². The van der Waals surface area contributed by atoms with Crippen molar-refractivity contribution in [1.82, 2.24) is 20.3 Å². The Bertz CT molecular complexity index is 2240. The van der Waals surface area contributed by atoms with Gasteiger partial charge >= 0.3 is 0 Å². The van der Waals surface area contributed by atoms with E-state index in [1.54, 1.807) is 7.11 Å². The van der Waals surface area contributed by atoms with Gasteiger partial charge in [0, 0.05) is 36.7 Å². The molecule has 0 saturated carbocycles. The van der Waals surface area contributed by atoms with E-state index in [2.05, 4.69) is 102 Å². The minimum absolute atomic E-state index is 0.132. The number of aromatic amines is 3. The molecular formula is C46H60N6O2. The summed E-state index contributed by atoms with van der Waals surface area (Å²) in [4.78, 5) is 22.7. The largest absolute Gasteiger partial charge is 0.396 e. The van der Waals surface area contributed by atoms with Gasteiger partial charge in [-0.2, -0.15) is 0 Å². The van der Waals surface area contributed by atoms with E-state index in [0.29, 0.717) is 18.9 Å². The number of ether oxygens (including phenoxy) is 1. The summed E-state index contributed by atoms with van der Waals surface area (Å²) in [5.41, 5.74) is 25.9. The van der Waals surface area contributed by atoms with Gasteiger partial charge in [-0.1, -0.05) is 27.7 Å². The van der Waals surface area contributed by atoms with Crippen LogP contribution in [0.3, 0.4) is 0 Å². The third kappa shape index (κ3) is 5.97. The Kier molecular flexibility index (Phi) is 10.5. The molecule has 3 aromatic rings. The molecule has 0 aliphatic carbocycles. The minimum Gasteiger partial charge on any atom is -0.396 e. The van der Waals surface area contributed by atoms with E-state index in [4.69, 9.17) is 14.7 Å². The summed E-state index contributed by atoms with van der Waals surface area (Å²) in [6, 6.07) is 0.132. The van der Waals surface area contributed by atoms with Crippen molar-refractivity contribution in [3.63, 3.8) is 0 Å². The summed E-state index contributed by atoms with van der Waals surface area (Å²) in [6.45, 7) is 23.3. The highest BCUT2D eigenvalue weighted by Crippen LogP contribution is 2.45. The highest BCUT2D eigenvalue weighted by molar-refractivity contribution is 6.17. The highest BCUT2D eigenvalue weighted by atomic mass is 16.5. The molecule has 54 heavy (non-hydrogen) atoms. The summed E-state index contributed by atoms with van der Waals surface area (Å²) in [5.74, 6) is 0.351. The Morgan fingerprint density at radius 3 is 2.04 bits per heavy atom. The van der Waals surface area contributed by atoms with Crippen LogP contribution < -0.4 is 5.32 Å². The lowest BCUT2D eigenvalue weighted by atomic mass is 9.88. The van der Waals surface area contributed by atoms with Gasteiger partial charge in [-0.25, -0.2) is 9.98 Å². The Hall–Kier alpha value is -4.40. The molecule has 8 heteroatoms. The first-order valence-electron chi connectivity index (χ1n) is 20.3. The number of rotatable bonds is 10. The van der Waals surface area contributed by atoms with E-state index < -0.39 is 0 Å². The van der Waals surface area contributed by atoms with Gasteiger partial charge < -0.3 is 30.1 Å². The molecular weight excluding hydrogens is 669 g/mol. The third-order valence-corrected chi connectivity index (χ3v) is 12.8. The molecule has 4 aliphatic heterocycles. The van der Waals surface area contributed by atoms with Gasteiger partial charge in [-0.3, -0.25) is 0 Å². The van der Waals surface area contributed by atoms with Crippen LogP contribution in [-0.4, -0.2) is 51.8 Å². The first-order chi connectivity index (χ1) is 26.0. The van der Waals surface area contributed by atoms with Crippen molar-refractivity contribution in [2.75, 3.05) is 20.3 Å². The topological polar surface area (TPSA) is 114 Å². The first-order valence-corrected chi connectivity index (χ1v) is 20.3. The minimum atomic E-state index is 0.132. The number of hydrogen-bond acceptors (Lipinski definition) is 5. The maximum absolute atomic E-state index is 9.98. The molecule has 2 atom stereocenters. The van der Waals surface area contributed by atoms with Crippen LogP contribution in [0.25, 0.3) is 17.8 Å². The molecule has 0 fully saturated rings. The number of aromatic nitrogens is 3. The average molecular weight is 729 g/mol. The number of methoxy groups -OCH3 is 1. The number of nitrogens with one attached hydrogen (secondary N) is 4. The maximum atomic E-state index is 9.98. The number of fused-ring (bicyclic) bond motifs is 14. The van der Waals surface area contributed by atoms with Crippen LogP contribution in [0.15, 0.2) is 49.2 Å². The van der Waals surface area contributed by atoms with E-state index in [0.717, 1.165) is 84.1 Å². The van der Waals surface area contributed by atoms with Crippen LogP contribution in [0.5, 0.6) is 0 Å². The zero-order valence-corrected chi connectivity index (χ0v) is 34.4. The number of aliphatic hydroxyl groups excluding tert-OH is 1. The molecule has 7 rings (SSSR count). The van der Waals surface area contributed by atoms with Crippen LogP contribution in [0.1, 0.15) is 148 Å². The maximum Gasteiger partial charge on any atom is 0.0911 e. The van der Waals surface area contributed by atoms with Crippen LogP contribution >= 0.6 is 0 Å². The fourth-order valence-corrected chi connectivity index (χ4v) is 9.71. The molecule has 0 saturated heterocycles. The van der Waals surface area contributed by atoms with E-state index in [9.17, 15) is 5.11 Å². The number of hydrogen-bond donors (Lipinski definition) is 5. The average Bonchev–Trinajstić information content (AvgIpc) is 3.97. The Balaban J connectivity index is 1.54. The van der Waals surface area contributed by atoms with Crippen molar-refractivity contribution >= 4 is 29.3 Å². The summed E-state index contributed by atoms with van der Waals surface area (Å²) in [7, 11) is 1.76. The van der Waals surface area contributed by atoms with Crippen LogP contribution in [0, 0.1) is 26.7 Å². The summed E-state index contributed by atoms with van der Waals surface area (Å²) >= 11 is 0. The Morgan fingerprint density at radius 2 is 1.37 bits per heavy atom. The molecule has 0 radical (unpaired) electrons. The van der Waals surface area contributed by atoms with Gasteiger partial charge in [0.2, 0.25) is 0 Å². The molecule has 12 bridgehead atoms. The van der Waals surface area contributed by atoms with Crippen LogP contribution in [0.4, 0.5) is 0 Å². The number of allylic oxidation sites excluding steroid dienone is 3. The Morgan fingerprint density at radius 1 is 0.685 bits per heavy atom. The molecule has 7 heterocycles. The van der Waals surface area contributed by atoms with Gasteiger partial charge in [0.15, 0.2) is 0 Å². The normalized spacial score (nSPS) is 21.4. The molecule has 8 nitrogen and oxygen atoms in total. The lowest BCUT2D eigenvalue weighted by molar-refractivity contribution is 0.203. The molecule has 0 aromatic carbocycles. The summed E-state index contributed by atoms with van der Waals surface area (Å²) in [5, 5.41) is 14.1. The van der Waals surface area contributed by atoms with E-state index in [-0.39, 0.29) is 12.6 Å². The van der Waals surface area contributed by atoms with Crippen molar-refractivity contribution < 1.29 is 9.84 Å². The first kappa shape index (κ1) is 37.9. The third-order valence-electron chi connectivity index (χ3n) is 12.8. The van der Waals surface area contributed by atoms with E-state index in [1.165, 1.54) is 78.3 Å². The molecule has 0 spiro atoms. The fraction of sp³-hybridized carbons (Fsp3) is 0.478. The lowest BCUT2D eigenvalue weighted by Crippen LogP contribution is -2.21. The highest BCUT2D eigenvalue weighted by Gasteiger charge is 2.38. The smallest absolute Gasteiger partial charge is 0.0911 e. The zero-order chi connectivity index (χ0) is 38.6. The number of H-pyrrole nitrogens is 3. The monoisotopic (exact) mass is 728 g/mol. The van der Waals surface area contributed by atoms with Gasteiger partial charge in [-0.15, -0.1) is 0 Å². The molecule has 3 aromatic heterocycles. The van der Waals surface area contributed by atoms with Crippen molar-refractivity contribution in [2.24, 2.45) is 15.9 Å². The molecule has 0 amide bonds. The van der Waals surface area contributed by atoms with Gasteiger partial charge in [0.05, 0.1) is 58.2 Å². The van der Waals surface area contributed by atoms with Crippen molar-refractivity contribution in [3.8, 4) is 0 Å². The van der Waals surface area contributed by atoms with Crippen molar-refractivity contribution in [1.29, 1.82) is 0 Å². The number of aliphatic imine (C=N–C) groups is 2. The number of aliphatic hydroxyl groups is 1. The molecule has 2 unspecified atom stereocenters. The second-order valence-corrected chi connectivity index (χ2v) is 15.6. The number of nitrogens with zero attached hydrogens (tertiary/aromatic N) is 2. The fourth-order valence-electron chi connectivity index (χ4n) is 9.71. The van der Waals surface area contributed by atoms with Crippen LogP contribution in [-0.2, 0) is 24.0 Å². The Labute approximate surface area is 321 Å². The zero-order valence-electron chi connectivity index (χ0n) is 34.4. The van der Waals surface area contributed by atoms with E-state index >= 15 is 0 Å². The van der Waals surface area contributed by atoms with Gasteiger partial charge in [0.1, 0.15) is 0 Å². The second kappa shape index (κ2) is 15.0. The summed E-state index contributed by atoms with van der Waals surface area (Å²) < 4.78 is 5.64. The summed E-state index contributed by atoms with van der Waals surface area (Å²) in [6.07, 6.45) is 10.5. The van der Waals surface area contributed by atoms with E-state index in [1.807, 2.05) is 0 Å². The van der Waals surface area contributed by atoms with Gasteiger partial charge in [-0.05, 0) is 160 Å². The van der Waals surface area contributed by atoms with Crippen molar-refractivity contribution in [2.45, 2.75) is 120 Å². The molecule has 4 aliphatic rings. The quantitative estimate of drug-likeness (QED) is 0.143. The van der Waals surface area contributed by atoms with Crippen LogP contribution in [0.2, 0.25) is 0 Å². The lowest BCUT2D eigenvalue weighted by Gasteiger charge is -2.21. The predicted octanol–water partition coefficient (Wildman–Crippen LogP) is 9.83. The second-order valence-electron chi connectivity index (χ2n) is 15.6. The molecule has 286 valence electrons. The molecule has 5 N–H and O–H groups in total. The predicted molar refractivity (Wildman–Crippen MR) is 224 cm³/mol.